The molecule has 1 saturated heterocycles. The first-order valence-electron chi connectivity index (χ1n) is 10.2. The van der Waals surface area contributed by atoms with Gasteiger partial charge in [0.1, 0.15) is 11.4 Å². The van der Waals surface area contributed by atoms with E-state index in [9.17, 15) is 9.59 Å². The van der Waals surface area contributed by atoms with Gasteiger partial charge in [0.2, 0.25) is 0 Å². The van der Waals surface area contributed by atoms with Gasteiger partial charge in [-0.3, -0.25) is 4.79 Å². The predicted octanol–water partition coefficient (Wildman–Crippen LogP) is 4.30. The van der Waals surface area contributed by atoms with Crippen molar-refractivity contribution < 1.29 is 9.53 Å². The number of rotatable bonds is 2. The molecule has 4 rings (SSSR count). The Kier molecular flexibility index (Phi) is 5.62. The van der Waals surface area contributed by atoms with Gasteiger partial charge in [0, 0.05) is 37.4 Å². The number of nitrogens with zero attached hydrogens (tertiary/aromatic N) is 3. The van der Waals surface area contributed by atoms with Crippen molar-refractivity contribution in [2.24, 2.45) is 0 Å². The molecular formula is C23H25ClN4O3. The van der Waals surface area contributed by atoms with Gasteiger partial charge in [0.25, 0.3) is 5.56 Å². The molecule has 0 unspecified atom stereocenters. The van der Waals surface area contributed by atoms with E-state index in [0.29, 0.717) is 53.5 Å². The van der Waals surface area contributed by atoms with E-state index in [4.69, 9.17) is 16.3 Å². The Balaban J connectivity index is 1.50. The average Bonchev–Trinajstić information content (AvgIpc) is 2.72. The van der Waals surface area contributed by atoms with Crippen molar-refractivity contribution in [3.8, 4) is 11.4 Å². The number of H-pyrrole nitrogens is 1. The predicted molar refractivity (Wildman–Crippen MR) is 123 cm³/mol. The molecule has 7 nitrogen and oxygen atoms in total. The van der Waals surface area contributed by atoms with E-state index in [2.05, 4.69) is 14.9 Å². The largest absolute Gasteiger partial charge is 0.444 e. The summed E-state index contributed by atoms with van der Waals surface area (Å²) in [4.78, 5) is 35.9. The molecule has 0 spiro atoms. The number of halogens is 1. The van der Waals surface area contributed by atoms with E-state index in [-0.39, 0.29) is 11.7 Å². The van der Waals surface area contributed by atoms with Crippen LogP contribution in [-0.4, -0.2) is 52.7 Å². The second-order valence-corrected chi connectivity index (χ2v) is 8.96. The zero-order chi connectivity index (χ0) is 22.2. The Morgan fingerprint density at radius 2 is 1.81 bits per heavy atom. The van der Waals surface area contributed by atoms with E-state index < -0.39 is 5.60 Å². The summed E-state index contributed by atoms with van der Waals surface area (Å²) in [5.74, 6) is 0.440. The quantitative estimate of drug-likeness (QED) is 0.642. The smallest absolute Gasteiger partial charge is 0.410 e. The molecule has 2 heterocycles. The van der Waals surface area contributed by atoms with E-state index in [1.165, 1.54) is 0 Å². The molecule has 0 bridgehead atoms. The molecule has 1 fully saturated rings. The fraction of sp³-hybridized carbons (Fsp3) is 0.348. The Morgan fingerprint density at radius 1 is 1.10 bits per heavy atom. The van der Waals surface area contributed by atoms with Crippen LogP contribution < -0.4 is 10.5 Å². The highest BCUT2D eigenvalue weighted by Crippen LogP contribution is 2.30. The molecule has 2 aromatic carbocycles. The molecule has 1 amide bonds. The van der Waals surface area contributed by atoms with Crippen molar-refractivity contribution in [3.05, 3.63) is 57.8 Å². The number of carbonyl (C=O) groups excluding carboxylic acids is 1. The molecular weight excluding hydrogens is 416 g/mol. The summed E-state index contributed by atoms with van der Waals surface area (Å²) >= 11 is 6.57. The second kappa shape index (κ2) is 8.23. The fourth-order valence-corrected chi connectivity index (χ4v) is 3.84. The van der Waals surface area contributed by atoms with Gasteiger partial charge in [-0.15, -0.1) is 0 Å². The molecule has 0 radical (unpaired) electrons. The number of benzene rings is 2. The third-order valence-corrected chi connectivity index (χ3v) is 5.43. The summed E-state index contributed by atoms with van der Waals surface area (Å²) in [5, 5.41) is 1.05. The molecule has 1 aliphatic rings. The molecule has 0 atom stereocenters. The number of piperazine rings is 1. The van der Waals surface area contributed by atoms with Crippen molar-refractivity contribution >= 4 is 34.3 Å². The molecule has 0 saturated carbocycles. The topological polar surface area (TPSA) is 78.5 Å². The summed E-state index contributed by atoms with van der Waals surface area (Å²) in [6, 6.07) is 12.9. The standard InChI is InChI=1S/C23H25ClN4O3/c1-23(2,3)31-22(30)28-12-10-27(11-13-28)15-8-9-16(18(24)14-15)20-25-19-7-5-4-6-17(19)21(29)26-20/h4-9,14H,10-13H2,1-3H3,(H,25,26,29). The third-order valence-electron chi connectivity index (χ3n) is 5.12. The van der Waals surface area contributed by atoms with Gasteiger partial charge in [-0.05, 0) is 51.1 Å². The van der Waals surface area contributed by atoms with E-state index in [1.807, 2.05) is 51.1 Å². The van der Waals surface area contributed by atoms with E-state index in [0.717, 1.165) is 5.69 Å². The number of carbonyl (C=O) groups is 1. The van der Waals surface area contributed by atoms with Crippen molar-refractivity contribution in [3.63, 3.8) is 0 Å². The highest BCUT2D eigenvalue weighted by Gasteiger charge is 2.26. The van der Waals surface area contributed by atoms with Crippen LogP contribution >= 0.6 is 11.6 Å². The Labute approximate surface area is 185 Å². The monoisotopic (exact) mass is 440 g/mol. The lowest BCUT2D eigenvalue weighted by Crippen LogP contribution is -2.50. The third kappa shape index (κ3) is 4.66. The summed E-state index contributed by atoms with van der Waals surface area (Å²) in [6.45, 7) is 8.11. The minimum absolute atomic E-state index is 0.195. The van der Waals surface area contributed by atoms with Crippen LogP contribution in [-0.2, 0) is 4.74 Å². The van der Waals surface area contributed by atoms with Crippen LogP contribution in [0.25, 0.3) is 22.3 Å². The first-order chi connectivity index (χ1) is 14.7. The van der Waals surface area contributed by atoms with Gasteiger partial charge in [0.15, 0.2) is 0 Å². The number of fused-ring (bicyclic) bond motifs is 1. The number of aromatic amines is 1. The van der Waals surface area contributed by atoms with Crippen LogP contribution in [0.15, 0.2) is 47.3 Å². The SMILES string of the molecule is CC(C)(C)OC(=O)N1CCN(c2ccc(-c3nc4ccccc4c(=O)[nH]3)c(Cl)c2)CC1. The number of ether oxygens (including phenoxy) is 1. The summed E-state index contributed by atoms with van der Waals surface area (Å²) in [5.41, 5.74) is 1.55. The minimum atomic E-state index is -0.505. The molecule has 3 aromatic rings. The number of anilines is 1. The van der Waals surface area contributed by atoms with Crippen LogP contribution in [0.4, 0.5) is 10.5 Å². The van der Waals surface area contributed by atoms with Crippen LogP contribution in [0.5, 0.6) is 0 Å². The van der Waals surface area contributed by atoms with E-state index in [1.54, 1.807) is 17.0 Å². The van der Waals surface area contributed by atoms with Crippen molar-refractivity contribution in [2.75, 3.05) is 31.1 Å². The van der Waals surface area contributed by atoms with Gasteiger partial charge < -0.3 is 19.5 Å². The number of hydrogen-bond donors (Lipinski definition) is 1. The molecule has 8 heteroatoms. The highest BCUT2D eigenvalue weighted by atomic mass is 35.5. The van der Waals surface area contributed by atoms with Crippen LogP contribution in [0, 0.1) is 0 Å². The molecule has 0 aliphatic carbocycles. The number of para-hydroxylation sites is 1. The Morgan fingerprint density at radius 3 is 2.48 bits per heavy atom. The van der Waals surface area contributed by atoms with Crippen LogP contribution in [0.1, 0.15) is 20.8 Å². The Bertz CT molecular complexity index is 1180. The first kappa shape index (κ1) is 21.2. The van der Waals surface area contributed by atoms with Gasteiger partial charge in [0.05, 0.1) is 15.9 Å². The lowest BCUT2D eigenvalue weighted by atomic mass is 10.1. The molecule has 1 aromatic heterocycles. The number of aromatic nitrogens is 2. The molecule has 1 N–H and O–H groups in total. The van der Waals surface area contributed by atoms with Gasteiger partial charge in [-0.25, -0.2) is 9.78 Å². The van der Waals surface area contributed by atoms with Crippen molar-refractivity contribution in [2.45, 2.75) is 26.4 Å². The number of nitrogens with one attached hydrogen (secondary N) is 1. The average molecular weight is 441 g/mol. The van der Waals surface area contributed by atoms with Gasteiger partial charge >= 0.3 is 6.09 Å². The lowest BCUT2D eigenvalue weighted by molar-refractivity contribution is 0.0240. The Hall–Kier alpha value is -3.06. The molecule has 1 aliphatic heterocycles. The zero-order valence-electron chi connectivity index (χ0n) is 17.8. The maximum atomic E-state index is 12.4. The number of hydrogen-bond acceptors (Lipinski definition) is 5. The normalized spacial score (nSPS) is 14.7. The number of amides is 1. The second-order valence-electron chi connectivity index (χ2n) is 8.55. The van der Waals surface area contributed by atoms with Crippen molar-refractivity contribution in [1.82, 2.24) is 14.9 Å². The maximum Gasteiger partial charge on any atom is 0.410 e. The van der Waals surface area contributed by atoms with E-state index >= 15 is 0 Å². The van der Waals surface area contributed by atoms with Crippen LogP contribution in [0.3, 0.4) is 0 Å². The molecule has 31 heavy (non-hydrogen) atoms. The zero-order valence-corrected chi connectivity index (χ0v) is 18.6. The lowest BCUT2D eigenvalue weighted by Gasteiger charge is -2.36. The first-order valence-corrected chi connectivity index (χ1v) is 10.6. The van der Waals surface area contributed by atoms with Crippen LogP contribution in [0.2, 0.25) is 5.02 Å². The summed E-state index contributed by atoms with van der Waals surface area (Å²) in [7, 11) is 0. The molecule has 162 valence electrons. The summed E-state index contributed by atoms with van der Waals surface area (Å²) in [6.07, 6.45) is -0.285. The summed E-state index contributed by atoms with van der Waals surface area (Å²) < 4.78 is 5.45. The van der Waals surface area contributed by atoms with Gasteiger partial charge in [-0.1, -0.05) is 23.7 Å². The minimum Gasteiger partial charge on any atom is -0.444 e. The van der Waals surface area contributed by atoms with Gasteiger partial charge in [-0.2, -0.15) is 0 Å². The highest BCUT2D eigenvalue weighted by molar-refractivity contribution is 6.33. The maximum absolute atomic E-state index is 12.4. The van der Waals surface area contributed by atoms with Crippen molar-refractivity contribution in [1.29, 1.82) is 0 Å². The fourth-order valence-electron chi connectivity index (χ4n) is 3.58.